The summed E-state index contributed by atoms with van der Waals surface area (Å²) in [5.41, 5.74) is 1.95. The van der Waals surface area contributed by atoms with Gasteiger partial charge >= 0.3 is 0 Å². The maximum atomic E-state index is 13.4. The lowest BCUT2D eigenvalue weighted by atomic mass is 10.2. The molecule has 0 saturated carbocycles. The summed E-state index contributed by atoms with van der Waals surface area (Å²) in [6.07, 6.45) is 0. The smallest absolute Gasteiger partial charge is 0.258 e. The number of halogens is 1. The van der Waals surface area contributed by atoms with Crippen LogP contribution in [-0.2, 0) is 0 Å². The molecule has 2 aromatic heterocycles. The topological polar surface area (TPSA) is 121 Å². The average Bonchev–Trinajstić information content (AvgIpc) is 3.32. The van der Waals surface area contributed by atoms with Crippen molar-refractivity contribution in [3.63, 3.8) is 0 Å². The number of nitrogens with one attached hydrogen (secondary N) is 3. The van der Waals surface area contributed by atoms with E-state index in [1.165, 1.54) is 12.1 Å². The van der Waals surface area contributed by atoms with Gasteiger partial charge in [-0.15, -0.1) is 0 Å². The van der Waals surface area contributed by atoms with E-state index in [2.05, 4.69) is 40.8 Å². The number of hydrogen-bond acceptors (Lipinski definition) is 6. The van der Waals surface area contributed by atoms with E-state index in [9.17, 15) is 9.18 Å². The molecule has 4 rings (SSSR count). The summed E-state index contributed by atoms with van der Waals surface area (Å²) in [5.74, 6) is 0.202. The first-order valence-electron chi connectivity index (χ1n) is 8.98. The molecular weight excluding hydrogens is 377 g/mol. The molecule has 1 amide bonds. The molecule has 0 aliphatic carbocycles. The van der Waals surface area contributed by atoms with Gasteiger partial charge in [-0.2, -0.15) is 5.10 Å². The van der Waals surface area contributed by atoms with Gasteiger partial charge < -0.3 is 5.32 Å². The van der Waals surface area contributed by atoms with Crippen LogP contribution in [0.1, 0.15) is 24.2 Å². The average molecular weight is 395 g/mol. The number of carbonyl (C=O) groups is 1. The fraction of sp³-hybridized carbons (Fsp3) is 0.211. The lowest BCUT2D eigenvalue weighted by Crippen LogP contribution is -2.36. The van der Waals surface area contributed by atoms with Gasteiger partial charge in [0.2, 0.25) is 5.96 Å². The third-order valence-electron chi connectivity index (χ3n) is 4.12. The number of carbonyl (C=O) groups excluding carboxylic acids is 1. The third kappa shape index (κ3) is 4.05. The van der Waals surface area contributed by atoms with Crippen molar-refractivity contribution < 1.29 is 13.8 Å². The summed E-state index contributed by atoms with van der Waals surface area (Å²) >= 11 is 0. The van der Waals surface area contributed by atoms with Crippen LogP contribution >= 0.6 is 0 Å². The van der Waals surface area contributed by atoms with E-state index in [1.54, 1.807) is 24.3 Å². The summed E-state index contributed by atoms with van der Waals surface area (Å²) in [6.45, 7) is 4.52. The van der Waals surface area contributed by atoms with Gasteiger partial charge in [-0.3, -0.25) is 20.2 Å². The highest BCUT2D eigenvalue weighted by molar-refractivity contribution is 6.12. The van der Waals surface area contributed by atoms with E-state index in [0.717, 1.165) is 0 Å². The zero-order valence-corrected chi connectivity index (χ0v) is 15.7. The van der Waals surface area contributed by atoms with Crippen molar-refractivity contribution in [2.45, 2.75) is 13.8 Å². The highest BCUT2D eigenvalue weighted by Gasteiger charge is 2.14. The van der Waals surface area contributed by atoms with Crippen LogP contribution in [0.15, 0.2) is 46.0 Å². The number of benzene rings is 2. The molecule has 0 aliphatic heterocycles. The van der Waals surface area contributed by atoms with Crippen LogP contribution < -0.4 is 10.6 Å². The minimum atomic E-state index is -0.379. The Balaban J connectivity index is 1.59. The number of rotatable bonds is 4. The molecule has 0 atom stereocenters. The van der Waals surface area contributed by atoms with Gasteiger partial charge in [0.15, 0.2) is 5.82 Å². The Morgan fingerprint density at radius 3 is 2.86 bits per heavy atom. The molecule has 0 saturated heterocycles. The molecule has 0 unspecified atom stereocenters. The first-order chi connectivity index (χ1) is 14.0. The third-order valence-corrected chi connectivity index (χ3v) is 4.12. The number of aromatic nitrogens is 4. The van der Waals surface area contributed by atoms with Crippen molar-refractivity contribution in [3.8, 4) is 0 Å². The van der Waals surface area contributed by atoms with E-state index in [1.807, 2.05) is 13.8 Å². The van der Waals surface area contributed by atoms with Gasteiger partial charge in [0.1, 0.15) is 16.9 Å². The van der Waals surface area contributed by atoms with Crippen molar-refractivity contribution in [2.75, 3.05) is 11.9 Å². The van der Waals surface area contributed by atoms with E-state index in [0.29, 0.717) is 39.9 Å². The summed E-state index contributed by atoms with van der Waals surface area (Å²) in [5, 5.41) is 20.8. The molecule has 0 spiro atoms. The summed E-state index contributed by atoms with van der Waals surface area (Å²) in [4.78, 5) is 17.2. The Kier molecular flexibility index (Phi) is 4.90. The van der Waals surface area contributed by atoms with E-state index < -0.39 is 0 Å². The minimum Gasteiger partial charge on any atom is -0.309 e. The number of aromatic amines is 1. The standard InChI is InChI=1S/C19H18FN7O2/c1-10(2)9-21-19(22-17-13-5-4-12(20)8-15(13)24-25-17)23-18(28)11-3-6-14-16(7-11)27-29-26-14/h3-8,10H,9H2,1-2H3,(H3,21,22,23,24,25,28). The second-order valence-corrected chi connectivity index (χ2v) is 6.89. The number of fused-ring (bicyclic) bond motifs is 2. The van der Waals surface area contributed by atoms with Crippen LogP contribution in [0.25, 0.3) is 21.9 Å². The Labute approximate surface area is 164 Å². The normalized spacial score (nSPS) is 12.1. The van der Waals surface area contributed by atoms with Crippen molar-refractivity contribution in [3.05, 3.63) is 47.8 Å². The molecule has 0 radical (unpaired) electrons. The largest absolute Gasteiger partial charge is 0.309 e. The number of hydrogen-bond donors (Lipinski definition) is 3. The highest BCUT2D eigenvalue weighted by Crippen LogP contribution is 2.21. The van der Waals surface area contributed by atoms with Crippen LogP contribution in [-0.4, -0.2) is 38.9 Å². The predicted molar refractivity (Wildman–Crippen MR) is 106 cm³/mol. The molecule has 0 aliphatic rings. The molecule has 0 bridgehead atoms. The number of anilines is 1. The Morgan fingerprint density at radius 1 is 1.21 bits per heavy atom. The quantitative estimate of drug-likeness (QED) is 0.361. The van der Waals surface area contributed by atoms with Crippen molar-refractivity contribution in [1.82, 2.24) is 25.8 Å². The zero-order chi connectivity index (χ0) is 20.4. The molecule has 10 heteroatoms. The van der Waals surface area contributed by atoms with Crippen molar-refractivity contribution >= 4 is 39.6 Å². The molecule has 2 aromatic carbocycles. The second-order valence-electron chi connectivity index (χ2n) is 6.89. The minimum absolute atomic E-state index is 0.236. The van der Waals surface area contributed by atoms with Gasteiger partial charge in [-0.25, -0.2) is 9.02 Å². The predicted octanol–water partition coefficient (Wildman–Crippen LogP) is 3.09. The summed E-state index contributed by atoms with van der Waals surface area (Å²) in [7, 11) is 0. The number of nitrogens with zero attached hydrogens (tertiary/aromatic N) is 4. The van der Waals surface area contributed by atoms with Gasteiger partial charge in [0, 0.05) is 17.5 Å². The van der Waals surface area contributed by atoms with E-state index >= 15 is 0 Å². The molecule has 29 heavy (non-hydrogen) atoms. The molecule has 3 N–H and O–H groups in total. The first-order valence-corrected chi connectivity index (χ1v) is 8.98. The number of aliphatic imine (C=N–C) groups is 1. The van der Waals surface area contributed by atoms with Gasteiger partial charge in [0.25, 0.3) is 5.91 Å². The van der Waals surface area contributed by atoms with Crippen LogP contribution in [0.3, 0.4) is 0 Å². The lowest BCUT2D eigenvalue weighted by molar-refractivity contribution is 0.0977. The summed E-state index contributed by atoms with van der Waals surface area (Å²) in [6, 6.07) is 9.13. The Bertz CT molecular complexity index is 1210. The van der Waals surface area contributed by atoms with Crippen molar-refractivity contribution in [2.24, 2.45) is 10.9 Å². The number of guanidine groups is 1. The second kappa shape index (κ2) is 7.66. The molecule has 4 aromatic rings. The van der Waals surface area contributed by atoms with Crippen LogP contribution in [0.4, 0.5) is 10.2 Å². The van der Waals surface area contributed by atoms with E-state index in [-0.39, 0.29) is 23.6 Å². The fourth-order valence-corrected chi connectivity index (χ4v) is 2.69. The first kappa shape index (κ1) is 18.5. The molecule has 148 valence electrons. The maximum Gasteiger partial charge on any atom is 0.258 e. The number of amides is 1. The molecule has 0 fully saturated rings. The van der Waals surface area contributed by atoms with Crippen LogP contribution in [0.2, 0.25) is 0 Å². The van der Waals surface area contributed by atoms with E-state index in [4.69, 9.17) is 0 Å². The van der Waals surface area contributed by atoms with Crippen LogP contribution in [0.5, 0.6) is 0 Å². The highest BCUT2D eigenvalue weighted by atomic mass is 19.1. The molecule has 2 heterocycles. The summed E-state index contributed by atoms with van der Waals surface area (Å²) < 4.78 is 18.1. The van der Waals surface area contributed by atoms with Gasteiger partial charge in [0.05, 0.1) is 5.52 Å². The van der Waals surface area contributed by atoms with Crippen LogP contribution in [0, 0.1) is 11.7 Å². The maximum absolute atomic E-state index is 13.4. The van der Waals surface area contributed by atoms with Gasteiger partial charge in [-0.1, -0.05) is 13.8 Å². The number of H-pyrrole nitrogens is 1. The zero-order valence-electron chi connectivity index (χ0n) is 15.7. The van der Waals surface area contributed by atoms with Gasteiger partial charge in [-0.05, 0) is 52.6 Å². The SMILES string of the molecule is CC(C)CN=C(NC(=O)c1ccc2nonc2c1)Nc1n[nH]c2cc(F)ccc12. The van der Waals surface area contributed by atoms with Crippen molar-refractivity contribution in [1.29, 1.82) is 0 Å². The Morgan fingerprint density at radius 2 is 2.03 bits per heavy atom. The molecular formula is C19H18FN7O2. The molecule has 9 nitrogen and oxygen atoms in total. The monoisotopic (exact) mass is 395 g/mol. The fourth-order valence-electron chi connectivity index (χ4n) is 2.69. The lowest BCUT2D eigenvalue weighted by Gasteiger charge is -2.11. The Hall–Kier alpha value is -3.82.